The molecule has 0 bridgehead atoms. The van der Waals surface area contributed by atoms with Crippen LogP contribution in [0.4, 0.5) is 0 Å². The van der Waals surface area contributed by atoms with Crippen LogP contribution in [-0.2, 0) is 20.7 Å². The van der Waals surface area contributed by atoms with Crippen molar-refractivity contribution in [2.75, 3.05) is 13.2 Å². The number of carbonyl (C=O) groups is 2. The molecule has 0 aromatic heterocycles. The Balaban J connectivity index is 1.34. The van der Waals surface area contributed by atoms with Gasteiger partial charge in [-0.05, 0) is 67.5 Å². The average molecular weight is 518 g/mol. The number of hydrogen-bond acceptors (Lipinski definition) is 7. The second-order valence-electron chi connectivity index (χ2n) is 9.59. The number of nitrogens with one attached hydrogen (secondary N) is 1. The average Bonchev–Trinajstić information content (AvgIpc) is 3.27. The Bertz CT molecular complexity index is 1090. The van der Waals surface area contributed by atoms with Crippen molar-refractivity contribution in [3.05, 3.63) is 58.6 Å². The van der Waals surface area contributed by atoms with Gasteiger partial charge in [0.2, 0.25) is 0 Å². The Kier molecular flexibility index (Phi) is 8.39. The van der Waals surface area contributed by atoms with Crippen LogP contribution in [0.1, 0.15) is 56.3 Å². The molecule has 0 saturated heterocycles. The van der Waals surface area contributed by atoms with E-state index in [4.69, 9.17) is 25.8 Å². The number of carboxylic acids is 1. The van der Waals surface area contributed by atoms with E-state index in [0.717, 1.165) is 36.8 Å². The number of carboxylic acid groups (broad SMARTS) is 1. The SMILES string of the molecule is C[C@H](Cc1ccc2c(c1)OC(C(=O)O)(C(=O)OCC1CCCCC1)O2)NC[C@H](O)c1cccc(Cl)c1. The van der Waals surface area contributed by atoms with Crippen LogP contribution in [0.2, 0.25) is 5.02 Å². The number of hydrogen-bond donors (Lipinski definition) is 3. The molecule has 1 aliphatic carbocycles. The summed E-state index contributed by atoms with van der Waals surface area (Å²) >= 11 is 6.00. The fraction of sp³-hybridized carbons (Fsp3) is 0.481. The van der Waals surface area contributed by atoms with E-state index < -0.39 is 23.8 Å². The maximum Gasteiger partial charge on any atom is 0.453 e. The molecule has 8 nitrogen and oxygen atoms in total. The molecule has 4 rings (SSSR count). The number of aliphatic hydroxyl groups excluding tert-OH is 1. The van der Waals surface area contributed by atoms with E-state index in [0.29, 0.717) is 18.0 Å². The number of rotatable bonds is 10. The summed E-state index contributed by atoms with van der Waals surface area (Å²) in [6, 6.07) is 12.1. The molecule has 0 amide bonds. The zero-order valence-corrected chi connectivity index (χ0v) is 21.0. The lowest BCUT2D eigenvalue weighted by molar-refractivity contribution is -0.199. The van der Waals surface area contributed by atoms with Crippen molar-refractivity contribution in [1.29, 1.82) is 0 Å². The van der Waals surface area contributed by atoms with Gasteiger partial charge < -0.3 is 29.7 Å². The zero-order valence-electron chi connectivity index (χ0n) is 20.2. The van der Waals surface area contributed by atoms with Crippen molar-refractivity contribution in [2.24, 2.45) is 5.92 Å². The Labute approximate surface area is 215 Å². The molecular formula is C27H32ClNO7. The first kappa shape index (κ1) is 26.3. The van der Waals surface area contributed by atoms with Crippen LogP contribution in [0.5, 0.6) is 11.5 Å². The third-order valence-corrected chi connectivity index (χ3v) is 6.91. The van der Waals surface area contributed by atoms with Crippen LogP contribution in [0.25, 0.3) is 0 Å². The van der Waals surface area contributed by atoms with Gasteiger partial charge in [-0.3, -0.25) is 0 Å². The number of aliphatic hydroxyl groups is 1. The van der Waals surface area contributed by atoms with Crippen molar-refractivity contribution in [3.8, 4) is 11.5 Å². The largest absolute Gasteiger partial charge is 0.475 e. The van der Waals surface area contributed by atoms with Crippen LogP contribution in [-0.4, -0.2) is 47.1 Å². The van der Waals surface area contributed by atoms with Crippen molar-refractivity contribution >= 4 is 23.5 Å². The fourth-order valence-electron chi connectivity index (χ4n) is 4.64. The standard InChI is InChI=1S/C27H32ClNO7/c1-17(29-15-22(30)20-8-5-9-21(28)14-20)12-19-10-11-23-24(13-19)36-27(35-23,25(31)32)26(33)34-16-18-6-3-2-4-7-18/h5,8-11,13-14,17-18,22,29-30H,2-4,6-7,12,15-16H2,1H3,(H,31,32)/t17-,22+,27?/m1/s1. The van der Waals surface area contributed by atoms with Gasteiger partial charge in [0.1, 0.15) is 0 Å². The van der Waals surface area contributed by atoms with Gasteiger partial charge in [0, 0.05) is 17.6 Å². The topological polar surface area (TPSA) is 114 Å². The predicted molar refractivity (Wildman–Crippen MR) is 133 cm³/mol. The van der Waals surface area contributed by atoms with E-state index >= 15 is 0 Å². The fourth-order valence-corrected chi connectivity index (χ4v) is 4.84. The van der Waals surface area contributed by atoms with E-state index in [1.165, 1.54) is 6.42 Å². The molecule has 3 N–H and O–H groups in total. The van der Waals surface area contributed by atoms with Gasteiger partial charge >= 0.3 is 17.7 Å². The number of halogens is 1. The summed E-state index contributed by atoms with van der Waals surface area (Å²) in [6.45, 7) is 2.47. The molecule has 1 fully saturated rings. The number of ether oxygens (including phenoxy) is 3. The van der Waals surface area contributed by atoms with Gasteiger partial charge in [-0.15, -0.1) is 0 Å². The summed E-state index contributed by atoms with van der Waals surface area (Å²) < 4.78 is 16.4. The highest BCUT2D eigenvalue weighted by Gasteiger charge is 2.59. The smallest absolute Gasteiger partial charge is 0.453 e. The molecule has 2 aromatic rings. The molecule has 1 unspecified atom stereocenters. The highest BCUT2D eigenvalue weighted by molar-refractivity contribution is 6.30. The van der Waals surface area contributed by atoms with Crippen molar-refractivity contribution in [1.82, 2.24) is 5.32 Å². The molecule has 1 aliphatic heterocycles. The van der Waals surface area contributed by atoms with Crippen LogP contribution in [0.3, 0.4) is 0 Å². The number of esters is 1. The van der Waals surface area contributed by atoms with Gasteiger partial charge in [-0.25, -0.2) is 9.59 Å². The number of fused-ring (bicyclic) bond motifs is 1. The lowest BCUT2D eigenvalue weighted by Gasteiger charge is -2.24. The first-order valence-electron chi connectivity index (χ1n) is 12.4. The summed E-state index contributed by atoms with van der Waals surface area (Å²) in [6.07, 6.45) is 5.12. The van der Waals surface area contributed by atoms with Crippen molar-refractivity contribution < 1.29 is 34.0 Å². The highest BCUT2D eigenvalue weighted by Crippen LogP contribution is 2.41. The molecule has 0 radical (unpaired) electrons. The van der Waals surface area contributed by atoms with E-state index in [-0.39, 0.29) is 30.1 Å². The number of carbonyl (C=O) groups excluding carboxylic acids is 1. The monoisotopic (exact) mass is 517 g/mol. The highest BCUT2D eigenvalue weighted by atomic mass is 35.5. The maximum atomic E-state index is 12.8. The van der Waals surface area contributed by atoms with E-state index in [2.05, 4.69) is 5.32 Å². The first-order chi connectivity index (χ1) is 17.3. The first-order valence-corrected chi connectivity index (χ1v) is 12.7. The Morgan fingerprint density at radius 1 is 1.14 bits per heavy atom. The quantitative estimate of drug-likeness (QED) is 0.316. The van der Waals surface area contributed by atoms with E-state index in [1.54, 1.807) is 36.4 Å². The molecule has 36 heavy (non-hydrogen) atoms. The predicted octanol–water partition coefficient (Wildman–Crippen LogP) is 4.27. The minimum atomic E-state index is -2.54. The molecule has 1 saturated carbocycles. The van der Waals surface area contributed by atoms with E-state index in [1.807, 2.05) is 13.0 Å². The lowest BCUT2D eigenvalue weighted by atomic mass is 9.90. The second kappa shape index (κ2) is 11.5. The normalized spacial score (nSPS) is 21.1. The minimum absolute atomic E-state index is 0.0103. The maximum absolute atomic E-state index is 12.8. The van der Waals surface area contributed by atoms with Crippen molar-refractivity contribution in [3.63, 3.8) is 0 Å². The number of benzene rings is 2. The molecule has 3 atom stereocenters. The molecule has 0 spiro atoms. The summed E-state index contributed by atoms with van der Waals surface area (Å²) in [5.41, 5.74) is 1.58. The summed E-state index contributed by atoms with van der Waals surface area (Å²) in [5.74, 6) is -4.57. The summed E-state index contributed by atoms with van der Waals surface area (Å²) in [4.78, 5) is 24.8. The van der Waals surface area contributed by atoms with Crippen molar-refractivity contribution in [2.45, 2.75) is 63.4 Å². The van der Waals surface area contributed by atoms with Gasteiger partial charge in [-0.1, -0.05) is 49.1 Å². The van der Waals surface area contributed by atoms with Gasteiger partial charge in [0.25, 0.3) is 0 Å². The molecule has 194 valence electrons. The van der Waals surface area contributed by atoms with Crippen LogP contribution in [0.15, 0.2) is 42.5 Å². The van der Waals surface area contributed by atoms with Gasteiger partial charge in [-0.2, -0.15) is 0 Å². The zero-order chi connectivity index (χ0) is 25.7. The molecular weight excluding hydrogens is 486 g/mol. The van der Waals surface area contributed by atoms with Gasteiger partial charge in [0.15, 0.2) is 11.5 Å². The van der Waals surface area contributed by atoms with Gasteiger partial charge in [0.05, 0.1) is 12.7 Å². The Morgan fingerprint density at radius 3 is 2.61 bits per heavy atom. The van der Waals surface area contributed by atoms with Crippen LogP contribution >= 0.6 is 11.6 Å². The minimum Gasteiger partial charge on any atom is -0.475 e. The molecule has 9 heteroatoms. The lowest BCUT2D eigenvalue weighted by Crippen LogP contribution is -2.55. The Morgan fingerprint density at radius 2 is 1.89 bits per heavy atom. The summed E-state index contributed by atoms with van der Waals surface area (Å²) in [7, 11) is 0. The summed E-state index contributed by atoms with van der Waals surface area (Å²) in [5, 5.41) is 24.1. The molecule has 2 aliphatic rings. The van der Waals surface area contributed by atoms with E-state index in [9.17, 15) is 19.8 Å². The third kappa shape index (κ3) is 6.11. The number of aliphatic carboxylic acids is 1. The second-order valence-corrected chi connectivity index (χ2v) is 10.0. The van der Waals surface area contributed by atoms with Crippen LogP contribution < -0.4 is 14.8 Å². The Hall–Kier alpha value is -2.81. The third-order valence-electron chi connectivity index (χ3n) is 6.68. The molecule has 1 heterocycles. The van der Waals surface area contributed by atoms with Crippen LogP contribution in [0, 0.1) is 5.92 Å². The molecule has 2 aromatic carbocycles.